The molecule has 0 aromatic carbocycles. The van der Waals surface area contributed by atoms with Crippen LogP contribution in [0.15, 0.2) is 15.5 Å². The van der Waals surface area contributed by atoms with Gasteiger partial charge in [-0.25, -0.2) is 9.48 Å². The first-order valence-electron chi connectivity index (χ1n) is 6.71. The molecule has 1 aromatic rings. The predicted octanol–water partition coefficient (Wildman–Crippen LogP) is 1.78. The van der Waals surface area contributed by atoms with Crippen LogP contribution in [0.4, 0.5) is 5.69 Å². The standard InChI is InChI=1S/C13H18BrN3O3/c1-3-20-13(19)8(2)16-10-6-15-17(7-9-4-5-9)12(18)11(10)14/h6,8-9,16H,3-5,7H2,1-2H3. The van der Waals surface area contributed by atoms with Gasteiger partial charge in [-0.05, 0) is 48.5 Å². The summed E-state index contributed by atoms with van der Waals surface area (Å²) < 4.78 is 6.76. The van der Waals surface area contributed by atoms with Gasteiger partial charge in [-0.15, -0.1) is 0 Å². The molecule has 0 aliphatic heterocycles. The summed E-state index contributed by atoms with van der Waals surface area (Å²) in [5.74, 6) is 0.214. The second kappa shape index (κ2) is 6.39. The smallest absolute Gasteiger partial charge is 0.328 e. The van der Waals surface area contributed by atoms with Gasteiger partial charge in [-0.3, -0.25) is 4.79 Å². The van der Waals surface area contributed by atoms with Gasteiger partial charge in [-0.1, -0.05) is 0 Å². The monoisotopic (exact) mass is 343 g/mol. The van der Waals surface area contributed by atoms with E-state index in [1.54, 1.807) is 20.0 Å². The third-order valence-electron chi connectivity index (χ3n) is 3.13. The van der Waals surface area contributed by atoms with Crippen LogP contribution in [0.2, 0.25) is 0 Å². The Morgan fingerprint density at radius 3 is 2.95 bits per heavy atom. The number of hydrogen-bond acceptors (Lipinski definition) is 5. The molecule has 1 aliphatic rings. The number of carbonyl (C=O) groups is 1. The third kappa shape index (κ3) is 3.59. The lowest BCUT2D eigenvalue weighted by Crippen LogP contribution is -2.31. The Morgan fingerprint density at radius 2 is 2.35 bits per heavy atom. The first-order chi connectivity index (χ1) is 9.52. The van der Waals surface area contributed by atoms with Crippen molar-refractivity contribution in [3.63, 3.8) is 0 Å². The van der Waals surface area contributed by atoms with Gasteiger partial charge in [0.05, 0.1) is 18.5 Å². The fourth-order valence-electron chi connectivity index (χ4n) is 1.80. The van der Waals surface area contributed by atoms with E-state index in [4.69, 9.17) is 4.74 Å². The lowest BCUT2D eigenvalue weighted by Gasteiger charge is -2.15. The maximum atomic E-state index is 12.1. The Morgan fingerprint density at radius 1 is 1.65 bits per heavy atom. The zero-order valence-corrected chi connectivity index (χ0v) is 13.1. The van der Waals surface area contributed by atoms with Crippen LogP contribution in [0, 0.1) is 5.92 Å². The number of rotatable bonds is 6. The molecule has 0 radical (unpaired) electrons. The van der Waals surface area contributed by atoms with E-state index in [0.29, 0.717) is 29.2 Å². The topological polar surface area (TPSA) is 73.2 Å². The molecule has 1 heterocycles. The molecule has 0 saturated heterocycles. The number of carbonyl (C=O) groups excluding carboxylic acids is 1. The molecular formula is C13H18BrN3O3. The molecular weight excluding hydrogens is 326 g/mol. The van der Waals surface area contributed by atoms with Gasteiger partial charge >= 0.3 is 5.97 Å². The molecule has 1 atom stereocenters. The van der Waals surface area contributed by atoms with Crippen molar-refractivity contribution in [2.75, 3.05) is 11.9 Å². The lowest BCUT2D eigenvalue weighted by atomic mass is 10.3. The predicted molar refractivity (Wildman–Crippen MR) is 78.6 cm³/mol. The van der Waals surface area contributed by atoms with Crippen molar-refractivity contribution in [3.05, 3.63) is 21.0 Å². The van der Waals surface area contributed by atoms with Crippen LogP contribution in [-0.2, 0) is 16.1 Å². The Balaban J connectivity index is 2.10. The van der Waals surface area contributed by atoms with E-state index in [0.717, 1.165) is 12.8 Å². The van der Waals surface area contributed by atoms with Crippen molar-refractivity contribution in [3.8, 4) is 0 Å². The Labute approximate surface area is 125 Å². The molecule has 1 saturated carbocycles. The van der Waals surface area contributed by atoms with Crippen LogP contribution in [-0.4, -0.2) is 28.4 Å². The summed E-state index contributed by atoms with van der Waals surface area (Å²) in [5.41, 5.74) is 0.320. The SMILES string of the molecule is CCOC(=O)C(C)Nc1cnn(CC2CC2)c(=O)c1Br. The fraction of sp³-hybridized carbons (Fsp3) is 0.615. The minimum Gasteiger partial charge on any atom is -0.464 e. The van der Waals surface area contributed by atoms with E-state index in [1.807, 2.05) is 0 Å². The Hall–Kier alpha value is -1.37. The van der Waals surface area contributed by atoms with E-state index in [9.17, 15) is 9.59 Å². The Bertz CT molecular complexity index is 554. The molecule has 0 bridgehead atoms. The largest absolute Gasteiger partial charge is 0.464 e. The number of anilines is 1. The van der Waals surface area contributed by atoms with Crippen LogP contribution < -0.4 is 10.9 Å². The van der Waals surface area contributed by atoms with Crippen LogP contribution in [0.3, 0.4) is 0 Å². The first kappa shape index (κ1) is 15.0. The average Bonchev–Trinajstić information content (AvgIpc) is 3.22. The summed E-state index contributed by atoms with van der Waals surface area (Å²) in [6, 6.07) is -0.535. The highest BCUT2D eigenvalue weighted by molar-refractivity contribution is 9.10. The maximum Gasteiger partial charge on any atom is 0.328 e. The third-order valence-corrected chi connectivity index (χ3v) is 3.89. The summed E-state index contributed by atoms with van der Waals surface area (Å²) in [6.07, 6.45) is 3.88. The van der Waals surface area contributed by atoms with Gasteiger partial charge in [0.15, 0.2) is 0 Å². The molecule has 1 fully saturated rings. The van der Waals surface area contributed by atoms with Crippen LogP contribution in [0.5, 0.6) is 0 Å². The molecule has 0 spiro atoms. The van der Waals surface area contributed by atoms with Crippen molar-refractivity contribution in [2.45, 2.75) is 39.3 Å². The van der Waals surface area contributed by atoms with Crippen molar-refractivity contribution in [1.29, 1.82) is 0 Å². The fourth-order valence-corrected chi connectivity index (χ4v) is 2.22. The van der Waals surface area contributed by atoms with Crippen molar-refractivity contribution in [1.82, 2.24) is 9.78 Å². The van der Waals surface area contributed by atoms with Crippen LogP contribution in [0.1, 0.15) is 26.7 Å². The van der Waals surface area contributed by atoms with E-state index in [1.165, 1.54) is 4.68 Å². The van der Waals surface area contributed by atoms with E-state index < -0.39 is 6.04 Å². The van der Waals surface area contributed by atoms with Gasteiger partial charge in [0, 0.05) is 6.54 Å². The normalized spacial score (nSPS) is 15.8. The molecule has 1 aliphatic carbocycles. The lowest BCUT2D eigenvalue weighted by molar-refractivity contribution is -0.143. The highest BCUT2D eigenvalue weighted by Crippen LogP contribution is 2.30. The summed E-state index contributed by atoms with van der Waals surface area (Å²) in [7, 11) is 0. The number of esters is 1. The minimum atomic E-state index is -0.535. The summed E-state index contributed by atoms with van der Waals surface area (Å²) in [5, 5.41) is 7.07. The van der Waals surface area contributed by atoms with Crippen molar-refractivity contribution < 1.29 is 9.53 Å². The summed E-state index contributed by atoms with van der Waals surface area (Å²) in [6.45, 7) is 4.42. The number of nitrogens with zero attached hydrogens (tertiary/aromatic N) is 2. The number of halogens is 1. The summed E-state index contributed by atoms with van der Waals surface area (Å²) in [4.78, 5) is 23.7. The summed E-state index contributed by atoms with van der Waals surface area (Å²) >= 11 is 3.27. The van der Waals surface area contributed by atoms with Crippen molar-refractivity contribution in [2.24, 2.45) is 5.92 Å². The highest BCUT2D eigenvalue weighted by atomic mass is 79.9. The number of nitrogens with one attached hydrogen (secondary N) is 1. The molecule has 1 aromatic heterocycles. The van der Waals surface area contributed by atoms with Gasteiger partial charge in [-0.2, -0.15) is 5.10 Å². The number of hydrogen-bond donors (Lipinski definition) is 1. The van der Waals surface area contributed by atoms with E-state index >= 15 is 0 Å². The van der Waals surface area contributed by atoms with Crippen molar-refractivity contribution >= 4 is 27.6 Å². The zero-order valence-electron chi connectivity index (χ0n) is 11.6. The van der Waals surface area contributed by atoms with Gasteiger partial charge in [0.25, 0.3) is 5.56 Å². The number of ether oxygens (including phenoxy) is 1. The zero-order chi connectivity index (χ0) is 14.7. The van der Waals surface area contributed by atoms with Gasteiger partial charge < -0.3 is 10.1 Å². The van der Waals surface area contributed by atoms with Gasteiger partial charge in [0.2, 0.25) is 0 Å². The quantitative estimate of drug-likeness (QED) is 0.797. The van der Waals surface area contributed by atoms with Crippen LogP contribution in [0.25, 0.3) is 0 Å². The second-order valence-electron chi connectivity index (χ2n) is 4.92. The highest BCUT2D eigenvalue weighted by Gasteiger charge is 2.24. The average molecular weight is 344 g/mol. The molecule has 1 unspecified atom stereocenters. The van der Waals surface area contributed by atoms with E-state index in [2.05, 4.69) is 26.3 Å². The van der Waals surface area contributed by atoms with Gasteiger partial charge in [0.1, 0.15) is 10.5 Å². The molecule has 110 valence electrons. The van der Waals surface area contributed by atoms with Crippen LogP contribution >= 0.6 is 15.9 Å². The number of aromatic nitrogens is 2. The maximum absolute atomic E-state index is 12.1. The second-order valence-corrected chi connectivity index (χ2v) is 5.71. The molecule has 6 nitrogen and oxygen atoms in total. The molecule has 2 rings (SSSR count). The minimum absolute atomic E-state index is 0.182. The molecule has 1 N–H and O–H groups in total. The van der Waals surface area contributed by atoms with E-state index in [-0.39, 0.29) is 11.5 Å². The molecule has 20 heavy (non-hydrogen) atoms. The molecule has 0 amide bonds. The molecule has 7 heteroatoms. The Kier molecular flexibility index (Phi) is 4.80. The first-order valence-corrected chi connectivity index (χ1v) is 7.51.